The van der Waals surface area contributed by atoms with E-state index < -0.39 is 5.97 Å². The molecule has 0 aliphatic carbocycles. The van der Waals surface area contributed by atoms with E-state index in [4.69, 9.17) is 5.11 Å². The number of hydrogen-bond donors (Lipinski definition) is 2. The molecule has 0 atom stereocenters. The van der Waals surface area contributed by atoms with Crippen molar-refractivity contribution in [3.05, 3.63) is 47.0 Å². The maximum Gasteiger partial charge on any atom is 0.331 e. The summed E-state index contributed by atoms with van der Waals surface area (Å²) in [6.45, 7) is 7.70. The molecule has 0 aromatic heterocycles. The number of amides is 1. The van der Waals surface area contributed by atoms with E-state index in [0.717, 1.165) is 11.1 Å². The predicted octanol–water partition coefficient (Wildman–Crippen LogP) is 1.95. The Bertz CT molecular complexity index is 492. The van der Waals surface area contributed by atoms with Crippen LogP contribution in [0.2, 0.25) is 0 Å². The molecule has 0 bridgehead atoms. The van der Waals surface area contributed by atoms with E-state index in [1.54, 1.807) is 0 Å². The minimum absolute atomic E-state index is 0.104. The number of nitrogens with one attached hydrogen (secondary N) is 1. The van der Waals surface area contributed by atoms with Gasteiger partial charge in [-0.25, -0.2) is 4.79 Å². The average Bonchev–Trinajstić information content (AvgIpc) is 2.27. The Labute approximate surface area is 106 Å². The molecule has 0 aliphatic heterocycles. The van der Waals surface area contributed by atoms with E-state index >= 15 is 0 Å². The second kappa shape index (κ2) is 6.00. The van der Waals surface area contributed by atoms with Gasteiger partial charge in [0.2, 0.25) is 5.91 Å². The van der Waals surface area contributed by atoms with Crippen LogP contribution < -0.4 is 5.32 Å². The molecular weight excluding hydrogens is 230 g/mol. The van der Waals surface area contributed by atoms with E-state index in [-0.39, 0.29) is 17.9 Å². The van der Waals surface area contributed by atoms with Crippen molar-refractivity contribution in [1.82, 2.24) is 5.32 Å². The minimum atomic E-state index is -1.14. The molecule has 0 spiro atoms. The van der Waals surface area contributed by atoms with Crippen molar-refractivity contribution in [2.45, 2.75) is 26.8 Å². The summed E-state index contributed by atoms with van der Waals surface area (Å²) in [5, 5.41) is 11.3. The third-order valence-electron chi connectivity index (χ3n) is 2.65. The van der Waals surface area contributed by atoms with Crippen LogP contribution in [0.15, 0.2) is 30.4 Å². The summed E-state index contributed by atoms with van der Waals surface area (Å²) in [4.78, 5) is 22.0. The Balaban J connectivity index is 2.52. The molecule has 4 nitrogen and oxygen atoms in total. The smallest absolute Gasteiger partial charge is 0.331 e. The van der Waals surface area contributed by atoms with E-state index in [9.17, 15) is 9.59 Å². The summed E-state index contributed by atoms with van der Waals surface area (Å²) >= 11 is 0. The number of carbonyl (C=O) groups excluding carboxylic acids is 1. The van der Waals surface area contributed by atoms with Crippen molar-refractivity contribution in [1.29, 1.82) is 0 Å². The standard InChI is InChI=1S/C14H17NO3/c1-9-4-5-12(10(2)6-9)8-15-13(16)7-11(3)14(17)18/h4-6H,3,7-8H2,1-2H3,(H,15,16)(H,17,18). The molecule has 1 aromatic carbocycles. The molecule has 0 aliphatic rings. The Morgan fingerprint density at radius 3 is 2.56 bits per heavy atom. The third kappa shape index (κ3) is 4.05. The highest BCUT2D eigenvalue weighted by Crippen LogP contribution is 2.10. The molecule has 2 N–H and O–H groups in total. The molecule has 96 valence electrons. The molecule has 18 heavy (non-hydrogen) atoms. The van der Waals surface area contributed by atoms with Gasteiger partial charge in [-0.3, -0.25) is 4.79 Å². The van der Waals surface area contributed by atoms with Crippen LogP contribution in [0.25, 0.3) is 0 Å². The largest absolute Gasteiger partial charge is 0.478 e. The van der Waals surface area contributed by atoms with Gasteiger partial charge in [-0.05, 0) is 25.0 Å². The van der Waals surface area contributed by atoms with Crippen LogP contribution in [0.1, 0.15) is 23.1 Å². The van der Waals surface area contributed by atoms with Crippen LogP contribution in [0, 0.1) is 13.8 Å². The van der Waals surface area contributed by atoms with Crippen LogP contribution in [0.4, 0.5) is 0 Å². The lowest BCUT2D eigenvalue weighted by Crippen LogP contribution is -2.24. The quantitative estimate of drug-likeness (QED) is 0.781. The van der Waals surface area contributed by atoms with E-state index in [1.807, 2.05) is 32.0 Å². The Kier molecular flexibility index (Phi) is 4.66. The first-order valence-corrected chi connectivity index (χ1v) is 5.64. The summed E-state index contributed by atoms with van der Waals surface area (Å²) in [5.41, 5.74) is 3.19. The van der Waals surface area contributed by atoms with Gasteiger partial charge in [0, 0.05) is 12.1 Å². The van der Waals surface area contributed by atoms with Crippen molar-refractivity contribution in [2.24, 2.45) is 0 Å². The highest BCUT2D eigenvalue weighted by Gasteiger charge is 2.10. The molecule has 0 fully saturated rings. The molecule has 0 saturated heterocycles. The van der Waals surface area contributed by atoms with Crippen molar-refractivity contribution in [3.8, 4) is 0 Å². The highest BCUT2D eigenvalue weighted by molar-refractivity contribution is 5.93. The van der Waals surface area contributed by atoms with Crippen molar-refractivity contribution < 1.29 is 14.7 Å². The fourth-order valence-electron chi connectivity index (χ4n) is 1.57. The fraction of sp³-hybridized carbons (Fsp3) is 0.286. The molecule has 0 saturated carbocycles. The van der Waals surface area contributed by atoms with Crippen molar-refractivity contribution >= 4 is 11.9 Å². The lowest BCUT2D eigenvalue weighted by atomic mass is 10.1. The number of carboxylic acid groups (broad SMARTS) is 1. The molecule has 0 heterocycles. The molecular formula is C14H17NO3. The first kappa shape index (κ1) is 14.0. The van der Waals surface area contributed by atoms with Gasteiger partial charge in [0.1, 0.15) is 0 Å². The van der Waals surface area contributed by atoms with Crippen molar-refractivity contribution in [3.63, 3.8) is 0 Å². The first-order chi connectivity index (χ1) is 8.40. The second-order valence-electron chi connectivity index (χ2n) is 4.29. The number of carboxylic acids is 1. The van der Waals surface area contributed by atoms with Gasteiger partial charge in [-0.2, -0.15) is 0 Å². The topological polar surface area (TPSA) is 66.4 Å². The van der Waals surface area contributed by atoms with E-state index in [2.05, 4.69) is 11.9 Å². The van der Waals surface area contributed by atoms with Crippen LogP contribution in [-0.4, -0.2) is 17.0 Å². The van der Waals surface area contributed by atoms with Gasteiger partial charge >= 0.3 is 5.97 Å². The summed E-state index contributed by atoms with van der Waals surface area (Å²) in [5.74, 6) is -1.47. The Morgan fingerprint density at radius 2 is 2.00 bits per heavy atom. The summed E-state index contributed by atoms with van der Waals surface area (Å²) in [6.07, 6.45) is -0.180. The number of rotatable bonds is 5. The van der Waals surface area contributed by atoms with Gasteiger partial charge in [-0.15, -0.1) is 0 Å². The molecule has 1 amide bonds. The molecule has 4 heteroatoms. The third-order valence-corrected chi connectivity index (χ3v) is 2.65. The number of aliphatic carboxylic acids is 1. The number of carbonyl (C=O) groups is 2. The summed E-state index contributed by atoms with van der Waals surface area (Å²) < 4.78 is 0. The zero-order chi connectivity index (χ0) is 13.7. The van der Waals surface area contributed by atoms with Crippen LogP contribution in [0.3, 0.4) is 0 Å². The maximum atomic E-state index is 11.5. The Morgan fingerprint density at radius 1 is 1.33 bits per heavy atom. The van der Waals surface area contributed by atoms with Gasteiger partial charge in [0.25, 0.3) is 0 Å². The zero-order valence-electron chi connectivity index (χ0n) is 10.6. The van der Waals surface area contributed by atoms with E-state index in [0.29, 0.717) is 6.54 Å². The molecule has 0 unspecified atom stereocenters. The monoisotopic (exact) mass is 247 g/mol. The zero-order valence-corrected chi connectivity index (χ0v) is 10.6. The van der Waals surface area contributed by atoms with Gasteiger partial charge in [0.05, 0.1) is 6.42 Å². The SMILES string of the molecule is C=C(CC(=O)NCc1ccc(C)cc1C)C(=O)O. The molecule has 0 radical (unpaired) electrons. The average molecular weight is 247 g/mol. The molecule has 1 rings (SSSR count). The number of hydrogen-bond acceptors (Lipinski definition) is 2. The lowest BCUT2D eigenvalue weighted by Gasteiger charge is -2.08. The number of aryl methyl sites for hydroxylation is 2. The summed E-state index contributed by atoms with van der Waals surface area (Å²) in [6, 6.07) is 5.97. The fourth-order valence-corrected chi connectivity index (χ4v) is 1.57. The first-order valence-electron chi connectivity index (χ1n) is 5.64. The van der Waals surface area contributed by atoms with Crippen LogP contribution in [-0.2, 0) is 16.1 Å². The maximum absolute atomic E-state index is 11.5. The molecule has 1 aromatic rings. The summed E-state index contributed by atoms with van der Waals surface area (Å²) in [7, 11) is 0. The minimum Gasteiger partial charge on any atom is -0.478 e. The highest BCUT2D eigenvalue weighted by atomic mass is 16.4. The predicted molar refractivity (Wildman–Crippen MR) is 69.2 cm³/mol. The van der Waals surface area contributed by atoms with E-state index in [1.165, 1.54) is 5.56 Å². The van der Waals surface area contributed by atoms with Crippen molar-refractivity contribution in [2.75, 3.05) is 0 Å². The normalized spacial score (nSPS) is 9.89. The van der Waals surface area contributed by atoms with Gasteiger partial charge < -0.3 is 10.4 Å². The van der Waals surface area contributed by atoms with Crippen LogP contribution >= 0.6 is 0 Å². The second-order valence-corrected chi connectivity index (χ2v) is 4.29. The van der Waals surface area contributed by atoms with Gasteiger partial charge in [-0.1, -0.05) is 30.3 Å². The lowest BCUT2D eigenvalue weighted by molar-refractivity contribution is -0.134. The Hall–Kier alpha value is -2.10. The number of benzene rings is 1. The van der Waals surface area contributed by atoms with Gasteiger partial charge in [0.15, 0.2) is 0 Å². The van der Waals surface area contributed by atoms with Crippen LogP contribution in [0.5, 0.6) is 0 Å².